The van der Waals surface area contributed by atoms with Gasteiger partial charge in [0.2, 0.25) is 11.7 Å². The number of alkyl carbamates (subject to hydrolysis) is 1. The number of carbonyl (C=O) groups excluding carboxylic acids is 3. The summed E-state index contributed by atoms with van der Waals surface area (Å²) >= 11 is 6.30. The van der Waals surface area contributed by atoms with Crippen molar-refractivity contribution < 1.29 is 19.1 Å². The number of ketones is 1. The highest BCUT2D eigenvalue weighted by Crippen LogP contribution is 2.32. The van der Waals surface area contributed by atoms with Crippen LogP contribution in [0.25, 0.3) is 22.5 Å². The Kier molecular flexibility index (Phi) is 11.0. The van der Waals surface area contributed by atoms with Gasteiger partial charge in [-0.3, -0.25) is 9.59 Å². The summed E-state index contributed by atoms with van der Waals surface area (Å²) < 4.78 is 5.34. The van der Waals surface area contributed by atoms with Crippen LogP contribution in [-0.4, -0.2) is 55.5 Å². The van der Waals surface area contributed by atoms with Gasteiger partial charge in [-0.25, -0.2) is 9.78 Å². The number of Topliss-reactive ketones (excluding diaryl/α,β-unsaturated/α-hetero) is 1. The van der Waals surface area contributed by atoms with Crippen LogP contribution in [0.3, 0.4) is 0 Å². The van der Waals surface area contributed by atoms with Crippen molar-refractivity contribution in [3.63, 3.8) is 0 Å². The van der Waals surface area contributed by atoms with Gasteiger partial charge in [0.15, 0.2) is 0 Å². The maximum atomic E-state index is 13.7. The number of rotatable bonds is 11. The lowest BCUT2D eigenvalue weighted by molar-refractivity contribution is -0.129. The van der Waals surface area contributed by atoms with Gasteiger partial charge in [0.05, 0.1) is 0 Å². The van der Waals surface area contributed by atoms with Crippen LogP contribution in [0.5, 0.6) is 0 Å². The van der Waals surface area contributed by atoms with Gasteiger partial charge in [0, 0.05) is 47.8 Å². The van der Waals surface area contributed by atoms with Crippen LogP contribution in [0.4, 0.5) is 10.5 Å². The van der Waals surface area contributed by atoms with Crippen molar-refractivity contribution in [2.45, 2.75) is 64.9 Å². The Morgan fingerprint density at radius 2 is 1.68 bits per heavy atom. The normalized spacial score (nSPS) is 17.0. The van der Waals surface area contributed by atoms with Crippen molar-refractivity contribution in [2.75, 3.05) is 11.9 Å². The monoisotopic (exact) mass is 657 g/mol. The van der Waals surface area contributed by atoms with Crippen LogP contribution in [0.15, 0.2) is 66.9 Å². The number of amides is 2. The molecule has 47 heavy (non-hydrogen) atoms. The van der Waals surface area contributed by atoms with E-state index in [1.807, 2.05) is 57.2 Å². The number of hydrogen-bond acceptors (Lipinski definition) is 8. The zero-order valence-corrected chi connectivity index (χ0v) is 27.6. The zero-order chi connectivity index (χ0) is 33.4. The van der Waals surface area contributed by atoms with Gasteiger partial charge < -0.3 is 15.4 Å². The third kappa shape index (κ3) is 9.68. The van der Waals surface area contributed by atoms with Crippen LogP contribution in [0.1, 0.15) is 58.4 Å². The molecule has 0 radical (unpaired) electrons. The number of nitrogens with one attached hydrogen (secondary N) is 3. The molecule has 2 aromatic heterocycles. The molecule has 12 heteroatoms. The van der Waals surface area contributed by atoms with Crippen molar-refractivity contribution in [2.24, 2.45) is 17.8 Å². The number of pyridine rings is 1. The van der Waals surface area contributed by atoms with Crippen LogP contribution in [0, 0.1) is 17.8 Å². The quantitative estimate of drug-likeness (QED) is 0.151. The molecule has 0 bridgehead atoms. The third-order valence-electron chi connectivity index (χ3n) is 8.32. The van der Waals surface area contributed by atoms with Gasteiger partial charge >= 0.3 is 6.09 Å². The Morgan fingerprint density at radius 3 is 2.32 bits per heavy atom. The van der Waals surface area contributed by atoms with E-state index in [4.69, 9.17) is 16.3 Å². The lowest BCUT2D eigenvalue weighted by Gasteiger charge is -2.29. The number of ether oxygens (including phenoxy) is 1. The Morgan fingerprint density at radius 1 is 0.979 bits per heavy atom. The highest BCUT2D eigenvalue weighted by molar-refractivity contribution is 6.32. The smallest absolute Gasteiger partial charge is 0.407 e. The molecule has 0 unspecified atom stereocenters. The second kappa shape index (κ2) is 15.3. The van der Waals surface area contributed by atoms with E-state index in [9.17, 15) is 14.4 Å². The van der Waals surface area contributed by atoms with Gasteiger partial charge in [-0.1, -0.05) is 35.9 Å². The van der Waals surface area contributed by atoms with Crippen molar-refractivity contribution in [3.8, 4) is 22.5 Å². The number of halogens is 1. The fourth-order valence-electron chi connectivity index (χ4n) is 5.83. The van der Waals surface area contributed by atoms with Crippen LogP contribution >= 0.6 is 11.6 Å². The number of tetrazole rings is 1. The minimum Gasteiger partial charge on any atom is -0.444 e. The number of nitrogens with zero attached hydrogens (tertiary/aromatic N) is 4. The van der Waals surface area contributed by atoms with Crippen LogP contribution in [0.2, 0.25) is 5.15 Å². The van der Waals surface area contributed by atoms with Crippen LogP contribution < -0.4 is 10.6 Å². The number of anilines is 1. The van der Waals surface area contributed by atoms with E-state index in [1.165, 1.54) is 0 Å². The summed E-state index contributed by atoms with van der Waals surface area (Å²) in [6.07, 6.45) is 4.86. The minimum absolute atomic E-state index is 0.0925. The van der Waals surface area contributed by atoms with Gasteiger partial charge in [-0.2, -0.15) is 5.21 Å². The summed E-state index contributed by atoms with van der Waals surface area (Å²) in [6, 6.07) is 18.8. The van der Waals surface area contributed by atoms with E-state index in [0.29, 0.717) is 29.6 Å². The Balaban J connectivity index is 1.23. The summed E-state index contributed by atoms with van der Waals surface area (Å²) in [5.41, 5.74) is 3.50. The molecule has 2 aromatic carbocycles. The highest BCUT2D eigenvalue weighted by atomic mass is 35.5. The first-order valence-electron chi connectivity index (χ1n) is 15.9. The molecule has 4 aromatic rings. The van der Waals surface area contributed by atoms with E-state index in [0.717, 1.165) is 47.9 Å². The maximum absolute atomic E-state index is 13.7. The standard InChI is InChI=1S/C35H40ClN7O4/c1-35(2,3)47-34(46)38-21-23-8-12-25(13-9-23)30(44)20-27(19-22-6-10-24(11-7-22)29-5-4-18-37-31(29)36)33(45)39-28-16-14-26(15-17-28)32-40-42-43-41-32/h4-7,10-11,14-18,23,25,27H,8-9,12-13,19-21H2,1-3H3,(H,38,46)(H,39,45)(H,40,41,42,43)/t23?,25?,27-/m1/s1. The zero-order valence-electron chi connectivity index (χ0n) is 26.8. The third-order valence-corrected chi connectivity index (χ3v) is 8.62. The number of hydrogen-bond donors (Lipinski definition) is 3. The predicted molar refractivity (Wildman–Crippen MR) is 179 cm³/mol. The number of carbonyl (C=O) groups is 3. The molecule has 1 fully saturated rings. The van der Waals surface area contributed by atoms with Gasteiger partial charge in [-0.05, 0) is 112 Å². The van der Waals surface area contributed by atoms with Crippen molar-refractivity contribution in [3.05, 3.63) is 77.6 Å². The van der Waals surface area contributed by atoms with E-state index >= 15 is 0 Å². The molecule has 3 N–H and O–H groups in total. The topological polar surface area (TPSA) is 152 Å². The predicted octanol–water partition coefficient (Wildman–Crippen LogP) is 6.67. The molecule has 1 aliphatic carbocycles. The average Bonchev–Trinajstić information content (AvgIpc) is 3.59. The van der Waals surface area contributed by atoms with Gasteiger partial charge in [-0.15, -0.1) is 10.2 Å². The van der Waals surface area contributed by atoms with E-state index in [1.54, 1.807) is 30.5 Å². The van der Waals surface area contributed by atoms with Crippen molar-refractivity contribution in [1.29, 1.82) is 0 Å². The SMILES string of the molecule is CC(C)(C)OC(=O)NCC1CCC(C(=O)C[C@@H](Cc2ccc(-c3cccnc3Cl)cc2)C(=O)Nc2ccc(-c3nn[nH]n3)cc2)CC1. The minimum atomic E-state index is -0.571. The maximum Gasteiger partial charge on any atom is 0.407 e. The summed E-state index contributed by atoms with van der Waals surface area (Å²) in [4.78, 5) is 43.6. The molecular formula is C35H40ClN7O4. The summed E-state index contributed by atoms with van der Waals surface area (Å²) in [6.45, 7) is 6.02. The lowest BCUT2D eigenvalue weighted by Crippen LogP contribution is -2.37. The molecule has 1 saturated carbocycles. The second-order valence-electron chi connectivity index (χ2n) is 13.0. The first kappa shape index (κ1) is 33.7. The van der Waals surface area contributed by atoms with Crippen molar-refractivity contribution in [1.82, 2.24) is 30.9 Å². The molecule has 2 heterocycles. The molecular weight excluding hydrogens is 618 g/mol. The molecule has 11 nitrogen and oxygen atoms in total. The van der Waals surface area contributed by atoms with E-state index < -0.39 is 17.6 Å². The molecule has 0 spiro atoms. The van der Waals surface area contributed by atoms with Crippen molar-refractivity contribution >= 4 is 35.1 Å². The first-order chi connectivity index (χ1) is 22.5. The fourth-order valence-corrected chi connectivity index (χ4v) is 6.06. The van der Waals surface area contributed by atoms with Gasteiger partial charge in [0.25, 0.3) is 0 Å². The van der Waals surface area contributed by atoms with Crippen LogP contribution in [-0.2, 0) is 20.7 Å². The van der Waals surface area contributed by atoms with E-state index in [-0.39, 0.29) is 29.9 Å². The molecule has 1 atom stereocenters. The highest BCUT2D eigenvalue weighted by Gasteiger charge is 2.31. The molecule has 0 aliphatic heterocycles. The molecule has 5 rings (SSSR count). The summed E-state index contributed by atoms with van der Waals surface area (Å²) in [5, 5.41) is 20.3. The summed E-state index contributed by atoms with van der Waals surface area (Å²) in [5.74, 6) is -0.0768. The molecule has 2 amide bonds. The summed E-state index contributed by atoms with van der Waals surface area (Å²) in [7, 11) is 0. The van der Waals surface area contributed by atoms with E-state index in [2.05, 4.69) is 36.2 Å². The fraction of sp³-hybridized carbons (Fsp3) is 0.400. The average molecular weight is 658 g/mol. The molecule has 1 aliphatic rings. The number of aromatic nitrogens is 5. The molecule has 0 saturated heterocycles. The Bertz CT molecular complexity index is 1650. The number of aromatic amines is 1. The Labute approximate surface area is 279 Å². The molecule has 246 valence electrons. The van der Waals surface area contributed by atoms with Gasteiger partial charge in [0.1, 0.15) is 16.5 Å². The second-order valence-corrected chi connectivity index (χ2v) is 13.4. The largest absolute Gasteiger partial charge is 0.444 e. The number of benzene rings is 2. The Hall–Kier alpha value is -4.64. The first-order valence-corrected chi connectivity index (χ1v) is 16.3. The lowest BCUT2D eigenvalue weighted by atomic mass is 9.77. The number of H-pyrrole nitrogens is 1.